The van der Waals surface area contributed by atoms with Crippen LogP contribution >= 0.6 is 11.3 Å². The molecule has 4 bridgehead atoms. The Labute approximate surface area is 271 Å². The summed E-state index contributed by atoms with van der Waals surface area (Å²) in [7, 11) is 0. The van der Waals surface area contributed by atoms with Crippen molar-refractivity contribution in [1.29, 1.82) is 0 Å². The van der Waals surface area contributed by atoms with Crippen molar-refractivity contribution >= 4 is 35.0 Å². The molecule has 0 spiro atoms. The molecule has 3 N–H and O–H groups in total. The summed E-state index contributed by atoms with van der Waals surface area (Å²) in [4.78, 5) is 63.9. The molecule has 3 heterocycles. The van der Waals surface area contributed by atoms with Gasteiger partial charge in [0.15, 0.2) is 5.69 Å². The van der Waals surface area contributed by atoms with Crippen LogP contribution in [0.25, 0.3) is 0 Å². The molecule has 0 unspecified atom stereocenters. The Morgan fingerprint density at radius 2 is 1.70 bits per heavy atom. The summed E-state index contributed by atoms with van der Waals surface area (Å²) >= 11 is 1.29. The standard InChI is InChI=1S/C34H38N6O5S/c1-21(2)28-33-37-26(20-46-33)30(42)35-16-18-40(34(44)24-13-8-5-9-14-24)17-10-15-27(41)36-25(19-23-11-6-4-7-12-23)32-39-29(22(3)45-32)31(43)38-28/h4-9,11-14,20-21,25,28H,10,15-19H2,1-3H3,(H,35,42)(H,36,41)(H,38,43)/t25-,28-/m0/s1. The normalized spacial score (nSPS) is 18.4. The minimum atomic E-state index is -0.625. The third-order valence-corrected chi connectivity index (χ3v) is 8.65. The van der Waals surface area contributed by atoms with Crippen LogP contribution in [0.5, 0.6) is 0 Å². The van der Waals surface area contributed by atoms with E-state index in [1.54, 1.807) is 41.5 Å². The Balaban J connectivity index is 1.45. The van der Waals surface area contributed by atoms with E-state index in [2.05, 4.69) is 25.9 Å². The van der Waals surface area contributed by atoms with Gasteiger partial charge in [0.25, 0.3) is 17.7 Å². The number of hydrogen-bond acceptors (Lipinski definition) is 8. The van der Waals surface area contributed by atoms with Crippen LogP contribution in [0.4, 0.5) is 0 Å². The molecule has 240 valence electrons. The maximum atomic E-state index is 13.5. The number of carbonyl (C=O) groups excluding carboxylic acids is 4. The lowest BCUT2D eigenvalue weighted by molar-refractivity contribution is -0.122. The van der Waals surface area contributed by atoms with Gasteiger partial charge < -0.3 is 25.3 Å². The van der Waals surface area contributed by atoms with Crippen LogP contribution in [-0.2, 0) is 11.2 Å². The zero-order valence-corrected chi connectivity index (χ0v) is 26.9. The number of benzene rings is 2. The monoisotopic (exact) mass is 642 g/mol. The van der Waals surface area contributed by atoms with E-state index in [0.717, 1.165) is 5.56 Å². The van der Waals surface area contributed by atoms with Gasteiger partial charge in [-0.25, -0.2) is 9.97 Å². The molecule has 1 aliphatic rings. The molecule has 2 aromatic carbocycles. The van der Waals surface area contributed by atoms with E-state index in [-0.39, 0.29) is 60.4 Å². The predicted molar refractivity (Wildman–Crippen MR) is 173 cm³/mol. The van der Waals surface area contributed by atoms with Gasteiger partial charge in [0, 0.05) is 43.4 Å². The van der Waals surface area contributed by atoms with Crippen molar-refractivity contribution in [2.45, 2.75) is 52.1 Å². The number of thiazole rings is 1. The van der Waals surface area contributed by atoms with Crippen LogP contribution in [0, 0.1) is 12.8 Å². The van der Waals surface area contributed by atoms with E-state index in [9.17, 15) is 19.2 Å². The fraction of sp³-hybridized carbons (Fsp3) is 0.353. The molecule has 4 amide bonds. The highest BCUT2D eigenvalue weighted by Gasteiger charge is 2.29. The number of rotatable bonds is 4. The molecular formula is C34H38N6O5S. The lowest BCUT2D eigenvalue weighted by Crippen LogP contribution is -2.40. The van der Waals surface area contributed by atoms with Crippen molar-refractivity contribution in [3.05, 3.63) is 105 Å². The van der Waals surface area contributed by atoms with Gasteiger partial charge in [0.1, 0.15) is 22.5 Å². The Bertz CT molecular complexity index is 1670. The summed E-state index contributed by atoms with van der Waals surface area (Å²) in [5.74, 6) is -0.733. The molecule has 0 saturated heterocycles. The number of nitrogens with one attached hydrogen (secondary N) is 3. The number of hydrogen-bond donors (Lipinski definition) is 3. The van der Waals surface area contributed by atoms with Crippen molar-refractivity contribution in [3.63, 3.8) is 0 Å². The summed E-state index contributed by atoms with van der Waals surface area (Å²) in [5.41, 5.74) is 1.84. The van der Waals surface area contributed by atoms with Gasteiger partial charge >= 0.3 is 0 Å². The second kappa shape index (κ2) is 15.0. The Morgan fingerprint density at radius 3 is 2.41 bits per heavy atom. The highest BCUT2D eigenvalue weighted by molar-refractivity contribution is 7.09. The average molecular weight is 643 g/mol. The molecule has 0 aliphatic carbocycles. The van der Waals surface area contributed by atoms with Crippen molar-refractivity contribution in [3.8, 4) is 0 Å². The zero-order chi connectivity index (χ0) is 32.6. The fourth-order valence-corrected chi connectivity index (χ4v) is 6.28. The van der Waals surface area contributed by atoms with Gasteiger partial charge in [-0.05, 0) is 37.0 Å². The molecule has 0 radical (unpaired) electrons. The molecule has 2 aromatic heterocycles. The SMILES string of the molecule is Cc1oc2nc1C(=O)N[C@@H](C(C)C)c1nc(cs1)C(=O)NCCN(C(=O)c1ccccc1)CCCC(=O)N[C@H]2Cc1ccccc1. The van der Waals surface area contributed by atoms with Crippen LogP contribution in [0.2, 0.25) is 0 Å². The number of aromatic nitrogens is 2. The number of carbonyl (C=O) groups is 4. The van der Waals surface area contributed by atoms with E-state index < -0.39 is 18.0 Å². The summed E-state index contributed by atoms with van der Waals surface area (Å²) in [6, 6.07) is 17.5. The van der Waals surface area contributed by atoms with Gasteiger partial charge in [0.05, 0.1) is 6.04 Å². The smallest absolute Gasteiger partial charge is 0.274 e. The minimum absolute atomic E-state index is 0.0433. The van der Waals surface area contributed by atoms with E-state index >= 15 is 0 Å². The summed E-state index contributed by atoms with van der Waals surface area (Å²) in [6.45, 7) is 6.32. The molecule has 1 aliphatic heterocycles. The molecular weight excluding hydrogens is 604 g/mol. The molecule has 12 heteroatoms. The van der Waals surface area contributed by atoms with E-state index in [1.165, 1.54) is 11.3 Å². The Morgan fingerprint density at radius 1 is 0.978 bits per heavy atom. The molecule has 11 nitrogen and oxygen atoms in total. The first kappa shape index (κ1) is 32.6. The lowest BCUT2D eigenvalue weighted by Gasteiger charge is -2.23. The van der Waals surface area contributed by atoms with Gasteiger partial charge in [-0.15, -0.1) is 11.3 Å². The van der Waals surface area contributed by atoms with E-state index in [0.29, 0.717) is 35.7 Å². The van der Waals surface area contributed by atoms with Gasteiger partial charge in [-0.2, -0.15) is 0 Å². The maximum absolute atomic E-state index is 13.5. The average Bonchev–Trinajstić information content (AvgIpc) is 3.70. The van der Waals surface area contributed by atoms with Gasteiger partial charge in [0.2, 0.25) is 11.8 Å². The fourth-order valence-electron chi connectivity index (χ4n) is 5.25. The third kappa shape index (κ3) is 8.05. The number of fused-ring (bicyclic) bond motifs is 4. The quantitative estimate of drug-likeness (QED) is 0.294. The van der Waals surface area contributed by atoms with Crippen LogP contribution in [0.3, 0.4) is 0 Å². The third-order valence-electron chi connectivity index (χ3n) is 7.73. The van der Waals surface area contributed by atoms with Crippen LogP contribution < -0.4 is 16.0 Å². The molecule has 5 rings (SSSR count). The first-order valence-electron chi connectivity index (χ1n) is 15.4. The number of amides is 4. The second-order valence-electron chi connectivity index (χ2n) is 11.6. The topological polar surface area (TPSA) is 147 Å². The number of nitrogens with zero attached hydrogens (tertiary/aromatic N) is 3. The van der Waals surface area contributed by atoms with Crippen molar-refractivity contribution < 1.29 is 23.6 Å². The molecule has 2 atom stereocenters. The predicted octanol–water partition coefficient (Wildman–Crippen LogP) is 4.63. The van der Waals surface area contributed by atoms with Crippen molar-refractivity contribution in [2.24, 2.45) is 5.92 Å². The Kier molecular flexibility index (Phi) is 10.6. The summed E-state index contributed by atoms with van der Waals surface area (Å²) in [5, 5.41) is 11.2. The largest absolute Gasteiger partial charge is 0.443 e. The number of aryl methyl sites for hydroxylation is 1. The zero-order valence-electron chi connectivity index (χ0n) is 26.1. The van der Waals surface area contributed by atoms with Crippen LogP contribution in [0.15, 0.2) is 70.5 Å². The van der Waals surface area contributed by atoms with Crippen LogP contribution in [-0.4, -0.2) is 58.1 Å². The first-order chi connectivity index (χ1) is 22.2. The van der Waals surface area contributed by atoms with Crippen molar-refractivity contribution in [1.82, 2.24) is 30.8 Å². The molecule has 46 heavy (non-hydrogen) atoms. The molecule has 0 fully saturated rings. The maximum Gasteiger partial charge on any atom is 0.274 e. The van der Waals surface area contributed by atoms with Gasteiger partial charge in [-0.1, -0.05) is 62.4 Å². The Hall–Kier alpha value is -4.84. The molecule has 4 aromatic rings. The number of oxazole rings is 1. The molecule has 0 saturated carbocycles. The highest BCUT2D eigenvalue weighted by atomic mass is 32.1. The lowest BCUT2D eigenvalue weighted by atomic mass is 10.0. The minimum Gasteiger partial charge on any atom is -0.443 e. The van der Waals surface area contributed by atoms with Crippen molar-refractivity contribution in [2.75, 3.05) is 19.6 Å². The van der Waals surface area contributed by atoms with Gasteiger partial charge in [-0.3, -0.25) is 19.2 Å². The van der Waals surface area contributed by atoms with E-state index in [4.69, 9.17) is 4.42 Å². The van der Waals surface area contributed by atoms with Crippen LogP contribution in [0.1, 0.15) is 92.3 Å². The van der Waals surface area contributed by atoms with E-state index in [1.807, 2.05) is 50.2 Å². The summed E-state index contributed by atoms with van der Waals surface area (Å²) < 4.78 is 6.00. The summed E-state index contributed by atoms with van der Waals surface area (Å²) in [6.07, 6.45) is 0.935. The highest BCUT2D eigenvalue weighted by Crippen LogP contribution is 2.27. The first-order valence-corrected chi connectivity index (χ1v) is 16.3. The second-order valence-corrected chi connectivity index (χ2v) is 12.4.